The van der Waals surface area contributed by atoms with Gasteiger partial charge in [0.15, 0.2) is 0 Å². The van der Waals surface area contributed by atoms with Gasteiger partial charge in [0.2, 0.25) is 10.0 Å². The molecule has 0 heterocycles. The molecule has 1 aromatic rings. The summed E-state index contributed by atoms with van der Waals surface area (Å²) >= 11 is 0. The first-order chi connectivity index (χ1) is 11.4. The standard InChI is InChI=1S/C16H25F3N2O3S/c1-15(2,3)25(22,23)21-12-6-4-5-11-20-13-7-9-14(10-8-13)24-16(17,18)19/h7-10,20-21H,4-6,11-12H2,1-3H3. The fourth-order valence-corrected chi connectivity index (χ4v) is 2.70. The number of unbranched alkanes of at least 4 members (excludes halogenated alkanes) is 2. The lowest BCUT2D eigenvalue weighted by molar-refractivity contribution is -0.274. The van der Waals surface area contributed by atoms with Gasteiger partial charge in [-0.25, -0.2) is 13.1 Å². The lowest BCUT2D eigenvalue weighted by Crippen LogP contribution is -2.39. The number of nitrogens with one attached hydrogen (secondary N) is 2. The normalized spacial score (nSPS) is 12.9. The summed E-state index contributed by atoms with van der Waals surface area (Å²) in [4.78, 5) is 0. The van der Waals surface area contributed by atoms with Crippen LogP contribution in [0.15, 0.2) is 24.3 Å². The van der Waals surface area contributed by atoms with Crippen molar-refractivity contribution in [2.24, 2.45) is 0 Å². The average Bonchev–Trinajstić information content (AvgIpc) is 2.45. The van der Waals surface area contributed by atoms with Crippen LogP contribution >= 0.6 is 0 Å². The summed E-state index contributed by atoms with van der Waals surface area (Å²) in [6.45, 7) is 5.97. The second-order valence-corrected chi connectivity index (χ2v) is 9.09. The van der Waals surface area contributed by atoms with Gasteiger partial charge in [0.1, 0.15) is 5.75 Å². The summed E-state index contributed by atoms with van der Waals surface area (Å²) in [5.74, 6) is -0.260. The van der Waals surface area contributed by atoms with Crippen LogP contribution in [0.3, 0.4) is 0 Å². The average molecular weight is 382 g/mol. The van der Waals surface area contributed by atoms with Gasteiger partial charge in [0.25, 0.3) is 0 Å². The fraction of sp³-hybridized carbons (Fsp3) is 0.625. The van der Waals surface area contributed by atoms with Crippen LogP contribution in [0.2, 0.25) is 0 Å². The van der Waals surface area contributed by atoms with Crippen molar-refractivity contribution in [1.82, 2.24) is 4.72 Å². The molecule has 2 N–H and O–H groups in total. The van der Waals surface area contributed by atoms with E-state index < -0.39 is 21.1 Å². The minimum Gasteiger partial charge on any atom is -0.406 e. The minimum atomic E-state index is -4.69. The molecule has 1 rings (SSSR count). The number of anilines is 1. The Balaban J connectivity index is 2.20. The molecule has 0 spiro atoms. The number of halogens is 3. The van der Waals surface area contributed by atoms with Crippen LogP contribution in [0.4, 0.5) is 18.9 Å². The predicted octanol–water partition coefficient (Wildman–Crippen LogP) is 3.89. The molecular weight excluding hydrogens is 357 g/mol. The highest BCUT2D eigenvalue weighted by Crippen LogP contribution is 2.23. The maximum absolute atomic E-state index is 12.1. The van der Waals surface area contributed by atoms with Gasteiger partial charge in [-0.05, 0) is 57.9 Å². The third-order valence-corrected chi connectivity index (χ3v) is 5.57. The van der Waals surface area contributed by atoms with E-state index in [9.17, 15) is 21.6 Å². The van der Waals surface area contributed by atoms with Crippen LogP contribution < -0.4 is 14.8 Å². The number of sulfonamides is 1. The molecule has 0 aliphatic carbocycles. The third-order valence-electron chi connectivity index (χ3n) is 3.37. The van der Waals surface area contributed by atoms with Gasteiger partial charge in [0, 0.05) is 18.8 Å². The highest BCUT2D eigenvalue weighted by molar-refractivity contribution is 7.90. The van der Waals surface area contributed by atoms with Gasteiger partial charge in [-0.3, -0.25) is 0 Å². The number of hydrogen-bond donors (Lipinski definition) is 2. The Labute approximate surface area is 147 Å². The fourth-order valence-electron chi connectivity index (χ4n) is 1.86. The van der Waals surface area contributed by atoms with E-state index in [1.54, 1.807) is 20.8 Å². The molecule has 0 fully saturated rings. The van der Waals surface area contributed by atoms with Gasteiger partial charge >= 0.3 is 6.36 Å². The molecule has 1 aromatic carbocycles. The molecule has 0 aliphatic rings. The summed E-state index contributed by atoms with van der Waals surface area (Å²) in [5.41, 5.74) is 0.697. The van der Waals surface area contributed by atoms with Gasteiger partial charge < -0.3 is 10.1 Å². The molecule has 144 valence electrons. The summed E-state index contributed by atoms with van der Waals surface area (Å²) in [6, 6.07) is 5.52. The van der Waals surface area contributed by atoms with E-state index in [0.29, 0.717) is 18.8 Å². The Morgan fingerprint density at radius 1 is 0.960 bits per heavy atom. The molecule has 0 saturated heterocycles. The zero-order valence-corrected chi connectivity index (χ0v) is 15.4. The van der Waals surface area contributed by atoms with Crippen molar-refractivity contribution >= 4 is 15.7 Å². The van der Waals surface area contributed by atoms with E-state index in [0.717, 1.165) is 19.3 Å². The molecule has 0 saturated carbocycles. The van der Waals surface area contributed by atoms with E-state index in [1.165, 1.54) is 24.3 Å². The molecular formula is C16H25F3N2O3S. The van der Waals surface area contributed by atoms with Crippen LogP contribution in [0.25, 0.3) is 0 Å². The van der Waals surface area contributed by atoms with Crippen molar-refractivity contribution in [2.75, 3.05) is 18.4 Å². The van der Waals surface area contributed by atoms with Crippen molar-refractivity contribution in [3.63, 3.8) is 0 Å². The molecule has 5 nitrogen and oxygen atoms in total. The molecule has 0 unspecified atom stereocenters. The van der Waals surface area contributed by atoms with Crippen molar-refractivity contribution in [3.05, 3.63) is 24.3 Å². The zero-order valence-electron chi connectivity index (χ0n) is 14.6. The number of ether oxygens (including phenoxy) is 1. The molecule has 0 bridgehead atoms. The smallest absolute Gasteiger partial charge is 0.406 e. The van der Waals surface area contributed by atoms with Crippen LogP contribution in [-0.4, -0.2) is 32.6 Å². The third kappa shape index (κ3) is 8.44. The monoisotopic (exact) mass is 382 g/mol. The highest BCUT2D eigenvalue weighted by atomic mass is 32.2. The summed E-state index contributed by atoms with van der Waals surface area (Å²) < 4.78 is 65.4. The lowest BCUT2D eigenvalue weighted by atomic mass is 10.2. The number of rotatable bonds is 9. The lowest BCUT2D eigenvalue weighted by Gasteiger charge is -2.19. The second kappa shape index (κ2) is 8.75. The Morgan fingerprint density at radius 3 is 2.04 bits per heavy atom. The maximum atomic E-state index is 12.1. The molecule has 0 atom stereocenters. The highest BCUT2D eigenvalue weighted by Gasteiger charge is 2.31. The van der Waals surface area contributed by atoms with Crippen molar-refractivity contribution in [3.8, 4) is 5.75 Å². The van der Waals surface area contributed by atoms with Crippen molar-refractivity contribution in [1.29, 1.82) is 0 Å². The second-order valence-electron chi connectivity index (χ2n) is 6.57. The van der Waals surface area contributed by atoms with Crippen LogP contribution in [0.5, 0.6) is 5.75 Å². The van der Waals surface area contributed by atoms with Gasteiger partial charge in [-0.1, -0.05) is 6.42 Å². The number of alkyl halides is 3. The summed E-state index contributed by atoms with van der Waals surface area (Å²) in [5, 5.41) is 3.09. The molecule has 0 amide bonds. The van der Waals surface area contributed by atoms with Crippen LogP contribution in [0.1, 0.15) is 40.0 Å². The quantitative estimate of drug-likeness (QED) is 0.636. The maximum Gasteiger partial charge on any atom is 0.573 e. The molecule has 25 heavy (non-hydrogen) atoms. The Hall–Kier alpha value is -1.48. The van der Waals surface area contributed by atoms with E-state index in [1.807, 2.05) is 0 Å². The Bertz CT molecular complexity index is 624. The molecule has 9 heteroatoms. The van der Waals surface area contributed by atoms with Gasteiger partial charge in [0.05, 0.1) is 4.75 Å². The first kappa shape index (κ1) is 21.6. The molecule has 0 radical (unpaired) electrons. The van der Waals surface area contributed by atoms with Gasteiger partial charge in [-0.15, -0.1) is 13.2 Å². The topological polar surface area (TPSA) is 67.4 Å². The van der Waals surface area contributed by atoms with Crippen molar-refractivity contribution in [2.45, 2.75) is 51.1 Å². The summed E-state index contributed by atoms with van der Waals surface area (Å²) in [6.07, 6.45) is -2.33. The van der Waals surface area contributed by atoms with E-state index in [4.69, 9.17) is 0 Å². The van der Waals surface area contributed by atoms with E-state index in [-0.39, 0.29) is 5.75 Å². The summed E-state index contributed by atoms with van der Waals surface area (Å²) in [7, 11) is -3.31. The van der Waals surface area contributed by atoms with Crippen molar-refractivity contribution < 1.29 is 26.3 Å². The zero-order chi connectivity index (χ0) is 19.1. The number of benzene rings is 1. The van der Waals surface area contributed by atoms with Crippen LogP contribution in [-0.2, 0) is 10.0 Å². The number of hydrogen-bond acceptors (Lipinski definition) is 4. The Kier molecular flexibility index (Phi) is 7.55. The van der Waals surface area contributed by atoms with E-state index >= 15 is 0 Å². The largest absolute Gasteiger partial charge is 0.573 e. The van der Waals surface area contributed by atoms with Crippen LogP contribution in [0, 0.1) is 0 Å². The predicted molar refractivity (Wildman–Crippen MR) is 92.1 cm³/mol. The van der Waals surface area contributed by atoms with E-state index in [2.05, 4.69) is 14.8 Å². The molecule has 0 aromatic heterocycles. The first-order valence-corrected chi connectivity index (χ1v) is 9.48. The van der Waals surface area contributed by atoms with Gasteiger partial charge in [-0.2, -0.15) is 0 Å². The Morgan fingerprint density at radius 2 is 1.52 bits per heavy atom. The minimum absolute atomic E-state index is 0.260. The SMILES string of the molecule is CC(C)(C)S(=O)(=O)NCCCCCNc1ccc(OC(F)(F)F)cc1. The molecule has 0 aliphatic heterocycles. The first-order valence-electron chi connectivity index (χ1n) is 8.00.